The fourth-order valence-corrected chi connectivity index (χ4v) is 3.39. The number of carboxylic acids is 1. The number of anilines is 1. The number of halogens is 1. The number of rotatable bonds is 4. The van der Waals surface area contributed by atoms with Crippen molar-refractivity contribution in [3.05, 3.63) is 40.7 Å². The molecule has 0 saturated carbocycles. The van der Waals surface area contributed by atoms with E-state index >= 15 is 0 Å². The maximum atomic E-state index is 13.6. The highest BCUT2D eigenvalue weighted by atomic mass is 32.2. The number of sulfonamides is 1. The molecule has 2 aromatic rings. The Morgan fingerprint density at radius 1 is 1.45 bits per heavy atom. The van der Waals surface area contributed by atoms with E-state index in [-0.39, 0.29) is 15.6 Å². The van der Waals surface area contributed by atoms with Crippen molar-refractivity contribution in [1.29, 1.82) is 0 Å². The van der Waals surface area contributed by atoms with Crippen LogP contribution in [0.4, 0.5) is 9.52 Å². The van der Waals surface area contributed by atoms with Crippen LogP contribution in [0.3, 0.4) is 0 Å². The van der Waals surface area contributed by atoms with Crippen molar-refractivity contribution in [2.24, 2.45) is 0 Å². The van der Waals surface area contributed by atoms with E-state index in [9.17, 15) is 17.6 Å². The monoisotopic (exact) mass is 316 g/mol. The molecule has 6 nitrogen and oxygen atoms in total. The van der Waals surface area contributed by atoms with Gasteiger partial charge in [-0.15, -0.1) is 11.3 Å². The van der Waals surface area contributed by atoms with E-state index in [0.29, 0.717) is 0 Å². The van der Waals surface area contributed by atoms with Crippen molar-refractivity contribution < 1.29 is 22.7 Å². The van der Waals surface area contributed by atoms with Crippen LogP contribution in [0.1, 0.15) is 15.9 Å². The van der Waals surface area contributed by atoms with E-state index in [0.717, 1.165) is 23.5 Å². The molecule has 106 valence electrons. The largest absolute Gasteiger partial charge is 0.478 e. The standard InChI is InChI=1S/C11H9FN2O4S2/c1-6-4-7(5-8(9(6)12)10(15)16)20(17,18)14-11-13-2-3-19-11/h2-5H,1H3,(H,13,14)(H,15,16). The van der Waals surface area contributed by atoms with Gasteiger partial charge in [-0.1, -0.05) is 0 Å². The lowest BCUT2D eigenvalue weighted by Gasteiger charge is -2.08. The summed E-state index contributed by atoms with van der Waals surface area (Å²) in [5, 5.41) is 10.6. The van der Waals surface area contributed by atoms with E-state index in [1.54, 1.807) is 5.38 Å². The smallest absolute Gasteiger partial charge is 0.338 e. The van der Waals surface area contributed by atoms with Crippen LogP contribution in [0, 0.1) is 12.7 Å². The number of carbonyl (C=O) groups is 1. The van der Waals surface area contributed by atoms with E-state index in [2.05, 4.69) is 9.71 Å². The summed E-state index contributed by atoms with van der Waals surface area (Å²) < 4.78 is 39.9. The Bertz CT molecular complexity index is 757. The highest BCUT2D eigenvalue weighted by Crippen LogP contribution is 2.22. The highest BCUT2D eigenvalue weighted by molar-refractivity contribution is 7.93. The Labute approximate surface area is 118 Å². The molecule has 1 aromatic carbocycles. The van der Waals surface area contributed by atoms with Gasteiger partial charge in [-0.05, 0) is 24.6 Å². The number of nitrogens with one attached hydrogen (secondary N) is 1. The molecule has 0 fully saturated rings. The number of aromatic carboxylic acids is 1. The molecule has 0 spiro atoms. The molecular weight excluding hydrogens is 307 g/mol. The molecule has 2 N–H and O–H groups in total. The maximum Gasteiger partial charge on any atom is 0.338 e. The Morgan fingerprint density at radius 3 is 2.70 bits per heavy atom. The zero-order chi connectivity index (χ0) is 14.9. The number of thiazole rings is 1. The van der Waals surface area contributed by atoms with Gasteiger partial charge in [0.2, 0.25) is 0 Å². The molecule has 9 heteroatoms. The predicted octanol–water partition coefficient (Wildman–Crippen LogP) is 2.09. The molecule has 0 aliphatic rings. The summed E-state index contributed by atoms with van der Waals surface area (Å²) in [6.07, 6.45) is 1.42. The molecule has 0 saturated heterocycles. The third-order valence-electron chi connectivity index (χ3n) is 2.42. The number of benzene rings is 1. The zero-order valence-corrected chi connectivity index (χ0v) is 11.8. The van der Waals surface area contributed by atoms with Crippen LogP contribution in [0.5, 0.6) is 0 Å². The van der Waals surface area contributed by atoms with Crippen molar-refractivity contribution in [2.45, 2.75) is 11.8 Å². The summed E-state index contributed by atoms with van der Waals surface area (Å²) in [5.74, 6) is -2.48. The summed E-state index contributed by atoms with van der Waals surface area (Å²) in [6.45, 7) is 1.30. The first-order valence-electron chi connectivity index (χ1n) is 5.27. The van der Waals surface area contributed by atoms with Crippen molar-refractivity contribution in [2.75, 3.05) is 4.72 Å². The Balaban J connectivity index is 2.49. The van der Waals surface area contributed by atoms with E-state index in [1.165, 1.54) is 13.1 Å². The Morgan fingerprint density at radius 2 is 2.15 bits per heavy atom. The van der Waals surface area contributed by atoms with Crippen molar-refractivity contribution in [1.82, 2.24) is 4.98 Å². The van der Waals surface area contributed by atoms with Crippen LogP contribution in [-0.4, -0.2) is 24.5 Å². The number of hydrogen-bond donors (Lipinski definition) is 2. The first-order valence-corrected chi connectivity index (χ1v) is 7.63. The Kier molecular flexibility index (Phi) is 3.73. The molecule has 0 unspecified atom stereocenters. The number of carboxylic acid groups (broad SMARTS) is 1. The average molecular weight is 316 g/mol. The zero-order valence-electron chi connectivity index (χ0n) is 10.1. The fraction of sp³-hybridized carbons (Fsp3) is 0.0909. The van der Waals surface area contributed by atoms with Crippen molar-refractivity contribution in [3.8, 4) is 0 Å². The summed E-state index contributed by atoms with van der Waals surface area (Å²) >= 11 is 1.07. The van der Waals surface area contributed by atoms with Gasteiger partial charge in [0.05, 0.1) is 10.5 Å². The van der Waals surface area contributed by atoms with Crippen LogP contribution in [0.2, 0.25) is 0 Å². The van der Waals surface area contributed by atoms with Crippen LogP contribution in [0.25, 0.3) is 0 Å². The van der Waals surface area contributed by atoms with Gasteiger partial charge < -0.3 is 5.11 Å². The molecule has 20 heavy (non-hydrogen) atoms. The van der Waals surface area contributed by atoms with Gasteiger partial charge in [0.25, 0.3) is 10.0 Å². The molecule has 0 aliphatic carbocycles. The third kappa shape index (κ3) is 2.78. The fourth-order valence-electron chi connectivity index (χ4n) is 1.49. The lowest BCUT2D eigenvalue weighted by Crippen LogP contribution is -2.15. The van der Waals surface area contributed by atoms with Gasteiger partial charge in [0, 0.05) is 11.6 Å². The minimum atomic E-state index is -4.01. The van der Waals surface area contributed by atoms with Crippen LogP contribution in [0.15, 0.2) is 28.6 Å². The SMILES string of the molecule is Cc1cc(S(=O)(=O)Nc2nccs2)cc(C(=O)O)c1F. The van der Waals surface area contributed by atoms with Crippen LogP contribution in [-0.2, 0) is 10.0 Å². The molecule has 1 aromatic heterocycles. The predicted molar refractivity (Wildman–Crippen MR) is 71.0 cm³/mol. The topological polar surface area (TPSA) is 96.4 Å². The minimum absolute atomic E-state index is 0.0654. The maximum absolute atomic E-state index is 13.6. The van der Waals surface area contributed by atoms with Gasteiger partial charge in [0.15, 0.2) is 5.13 Å². The third-order valence-corrected chi connectivity index (χ3v) is 4.56. The molecule has 0 bridgehead atoms. The van der Waals surface area contributed by atoms with Gasteiger partial charge in [0.1, 0.15) is 5.82 Å². The normalized spacial score (nSPS) is 11.3. The summed E-state index contributed by atoms with van der Waals surface area (Å²) in [5.41, 5.74) is -0.756. The van der Waals surface area contributed by atoms with Crippen molar-refractivity contribution in [3.63, 3.8) is 0 Å². The molecule has 1 heterocycles. The number of nitrogens with zero attached hydrogens (tertiary/aromatic N) is 1. The average Bonchev–Trinajstić information content (AvgIpc) is 2.83. The van der Waals surface area contributed by atoms with E-state index in [4.69, 9.17) is 5.11 Å². The van der Waals surface area contributed by atoms with Gasteiger partial charge in [-0.2, -0.15) is 0 Å². The first kappa shape index (κ1) is 14.4. The molecule has 0 aliphatic heterocycles. The highest BCUT2D eigenvalue weighted by Gasteiger charge is 2.21. The van der Waals surface area contributed by atoms with Gasteiger partial charge in [-0.3, -0.25) is 4.72 Å². The van der Waals surface area contributed by atoms with Crippen LogP contribution >= 0.6 is 11.3 Å². The summed E-state index contributed by atoms with van der Waals surface area (Å²) in [4.78, 5) is 14.3. The molecule has 0 amide bonds. The minimum Gasteiger partial charge on any atom is -0.478 e. The lowest BCUT2D eigenvalue weighted by molar-refractivity contribution is 0.0691. The van der Waals surface area contributed by atoms with Gasteiger partial charge in [-0.25, -0.2) is 22.6 Å². The summed E-state index contributed by atoms with van der Waals surface area (Å²) in [7, 11) is -4.01. The molecule has 2 rings (SSSR count). The Hall–Kier alpha value is -2.00. The van der Waals surface area contributed by atoms with Gasteiger partial charge >= 0.3 is 5.97 Å². The second-order valence-electron chi connectivity index (χ2n) is 3.85. The summed E-state index contributed by atoms with van der Waals surface area (Å²) in [6, 6.07) is 1.85. The first-order chi connectivity index (χ1) is 9.31. The van der Waals surface area contributed by atoms with E-state index in [1.807, 2.05) is 0 Å². The molecule has 0 atom stereocenters. The number of aromatic nitrogens is 1. The van der Waals surface area contributed by atoms with E-state index < -0.39 is 27.4 Å². The second kappa shape index (κ2) is 5.17. The molecular formula is C11H9FN2O4S2. The lowest BCUT2D eigenvalue weighted by atomic mass is 10.1. The number of hydrogen-bond acceptors (Lipinski definition) is 5. The quantitative estimate of drug-likeness (QED) is 0.900. The molecule has 0 radical (unpaired) electrons. The van der Waals surface area contributed by atoms with Crippen molar-refractivity contribution >= 4 is 32.5 Å². The number of aryl methyl sites for hydroxylation is 1. The second-order valence-corrected chi connectivity index (χ2v) is 6.43. The van der Waals surface area contributed by atoms with Crippen LogP contribution < -0.4 is 4.72 Å².